The smallest absolute Gasteiger partial charge is 0.223 e. The van der Waals surface area contributed by atoms with Crippen molar-refractivity contribution in [2.45, 2.75) is 39.2 Å². The summed E-state index contributed by atoms with van der Waals surface area (Å²) < 4.78 is 0. The number of amides is 1. The van der Waals surface area contributed by atoms with Crippen LogP contribution in [0.3, 0.4) is 0 Å². The van der Waals surface area contributed by atoms with Gasteiger partial charge in [-0.15, -0.1) is 0 Å². The summed E-state index contributed by atoms with van der Waals surface area (Å²) in [4.78, 5) is 13.6. The van der Waals surface area contributed by atoms with Crippen molar-refractivity contribution in [2.75, 3.05) is 13.2 Å². The normalized spacial score (nSPS) is 20.1. The van der Waals surface area contributed by atoms with Gasteiger partial charge >= 0.3 is 0 Å². The Labute approximate surface area is 115 Å². The van der Waals surface area contributed by atoms with E-state index in [0.29, 0.717) is 19.5 Å². The van der Waals surface area contributed by atoms with Gasteiger partial charge in [0.1, 0.15) is 0 Å². The van der Waals surface area contributed by atoms with Gasteiger partial charge in [-0.1, -0.05) is 45.0 Å². The van der Waals surface area contributed by atoms with Crippen LogP contribution in [0.5, 0.6) is 0 Å². The molecule has 19 heavy (non-hydrogen) atoms. The second-order valence-electron chi connectivity index (χ2n) is 6.47. The van der Waals surface area contributed by atoms with Crippen LogP contribution in [-0.2, 0) is 16.8 Å². The van der Waals surface area contributed by atoms with Crippen molar-refractivity contribution >= 4 is 5.91 Å². The van der Waals surface area contributed by atoms with Crippen LogP contribution in [0.4, 0.5) is 0 Å². The van der Waals surface area contributed by atoms with Crippen molar-refractivity contribution in [1.82, 2.24) is 4.90 Å². The van der Waals surface area contributed by atoms with Gasteiger partial charge in [0.25, 0.3) is 0 Å². The molecule has 1 aliphatic rings. The minimum atomic E-state index is 0.102. The van der Waals surface area contributed by atoms with Gasteiger partial charge in [0.05, 0.1) is 0 Å². The number of carbonyl (C=O) groups is 1. The summed E-state index contributed by atoms with van der Waals surface area (Å²) in [5.41, 5.74) is 2.61. The molecule has 0 saturated carbocycles. The van der Waals surface area contributed by atoms with E-state index in [4.69, 9.17) is 5.11 Å². The Bertz CT molecular complexity index is 445. The Kier molecular flexibility index (Phi) is 3.95. The van der Waals surface area contributed by atoms with Crippen molar-refractivity contribution < 1.29 is 9.90 Å². The van der Waals surface area contributed by atoms with Gasteiger partial charge in [-0.05, 0) is 16.5 Å². The Morgan fingerprint density at radius 1 is 1.26 bits per heavy atom. The molecule has 104 valence electrons. The quantitative estimate of drug-likeness (QED) is 0.907. The van der Waals surface area contributed by atoms with E-state index in [9.17, 15) is 4.79 Å². The second kappa shape index (κ2) is 5.33. The lowest BCUT2D eigenvalue weighted by Gasteiger charge is -2.20. The van der Waals surface area contributed by atoms with Gasteiger partial charge < -0.3 is 10.0 Å². The summed E-state index contributed by atoms with van der Waals surface area (Å²) in [7, 11) is 0. The molecule has 3 heteroatoms. The SMILES string of the molecule is CC(C)(C)c1ccc(CN2CC(CO)CC2=O)cc1. The molecule has 1 aromatic rings. The predicted octanol–water partition coefficient (Wildman–Crippen LogP) is 2.32. The first-order chi connectivity index (χ1) is 8.90. The zero-order valence-electron chi connectivity index (χ0n) is 12.0. The Morgan fingerprint density at radius 2 is 1.89 bits per heavy atom. The molecule has 1 saturated heterocycles. The fourth-order valence-corrected chi connectivity index (χ4v) is 2.46. The van der Waals surface area contributed by atoms with Crippen molar-refractivity contribution in [3.63, 3.8) is 0 Å². The van der Waals surface area contributed by atoms with E-state index < -0.39 is 0 Å². The molecule has 1 N–H and O–H groups in total. The molecular formula is C16H23NO2. The van der Waals surface area contributed by atoms with Crippen LogP contribution in [0.2, 0.25) is 0 Å². The lowest BCUT2D eigenvalue weighted by atomic mass is 9.87. The molecule has 1 heterocycles. The van der Waals surface area contributed by atoms with Crippen LogP contribution < -0.4 is 0 Å². The number of rotatable bonds is 3. The number of carbonyl (C=O) groups excluding carboxylic acids is 1. The van der Waals surface area contributed by atoms with Crippen LogP contribution in [0.15, 0.2) is 24.3 Å². The number of aliphatic hydroxyl groups excluding tert-OH is 1. The van der Waals surface area contributed by atoms with Crippen molar-refractivity contribution in [1.29, 1.82) is 0 Å². The zero-order chi connectivity index (χ0) is 14.0. The third kappa shape index (κ3) is 3.35. The molecular weight excluding hydrogens is 238 g/mol. The molecule has 0 spiro atoms. The summed E-state index contributed by atoms with van der Waals surface area (Å²) >= 11 is 0. The monoisotopic (exact) mass is 261 g/mol. The molecule has 2 rings (SSSR count). The molecule has 1 unspecified atom stereocenters. The third-order valence-electron chi connectivity index (χ3n) is 3.75. The van der Waals surface area contributed by atoms with Gasteiger partial charge in [-0.3, -0.25) is 4.79 Å². The molecule has 1 atom stereocenters. The summed E-state index contributed by atoms with van der Waals surface area (Å²) in [6.07, 6.45) is 0.483. The van der Waals surface area contributed by atoms with E-state index in [-0.39, 0.29) is 23.8 Å². The van der Waals surface area contributed by atoms with E-state index in [0.717, 1.165) is 5.56 Å². The highest BCUT2D eigenvalue weighted by atomic mass is 16.3. The Balaban J connectivity index is 2.02. The first kappa shape index (κ1) is 14.1. The highest BCUT2D eigenvalue weighted by molar-refractivity contribution is 5.78. The largest absolute Gasteiger partial charge is 0.396 e. The van der Waals surface area contributed by atoms with Gasteiger partial charge in [0.2, 0.25) is 5.91 Å². The highest BCUT2D eigenvalue weighted by Crippen LogP contribution is 2.24. The van der Waals surface area contributed by atoms with Crippen molar-refractivity contribution in [2.24, 2.45) is 5.92 Å². The number of likely N-dealkylation sites (tertiary alicyclic amines) is 1. The average molecular weight is 261 g/mol. The molecule has 0 bridgehead atoms. The van der Waals surface area contributed by atoms with Crippen LogP contribution in [0.1, 0.15) is 38.3 Å². The topological polar surface area (TPSA) is 40.5 Å². The fraction of sp³-hybridized carbons (Fsp3) is 0.562. The maximum atomic E-state index is 11.8. The molecule has 3 nitrogen and oxygen atoms in total. The van der Waals surface area contributed by atoms with Crippen molar-refractivity contribution in [3.8, 4) is 0 Å². The molecule has 1 amide bonds. The maximum Gasteiger partial charge on any atom is 0.223 e. The van der Waals surface area contributed by atoms with Gasteiger partial charge in [-0.2, -0.15) is 0 Å². The minimum absolute atomic E-state index is 0.102. The summed E-state index contributed by atoms with van der Waals surface area (Å²) in [5, 5.41) is 9.11. The highest BCUT2D eigenvalue weighted by Gasteiger charge is 2.28. The summed E-state index contributed by atoms with van der Waals surface area (Å²) in [6, 6.07) is 8.47. The first-order valence-corrected chi connectivity index (χ1v) is 6.88. The van der Waals surface area contributed by atoms with Crippen LogP contribution >= 0.6 is 0 Å². The van der Waals surface area contributed by atoms with Gasteiger partial charge in [-0.25, -0.2) is 0 Å². The second-order valence-corrected chi connectivity index (χ2v) is 6.47. The van der Waals surface area contributed by atoms with Crippen LogP contribution in [-0.4, -0.2) is 29.1 Å². The number of hydrogen-bond acceptors (Lipinski definition) is 2. The molecule has 1 aliphatic heterocycles. The lowest BCUT2D eigenvalue weighted by molar-refractivity contribution is -0.128. The third-order valence-corrected chi connectivity index (χ3v) is 3.75. The number of hydrogen-bond donors (Lipinski definition) is 1. The first-order valence-electron chi connectivity index (χ1n) is 6.88. The molecule has 1 fully saturated rings. The van der Waals surface area contributed by atoms with Crippen LogP contribution in [0, 0.1) is 5.92 Å². The van der Waals surface area contributed by atoms with E-state index in [1.807, 2.05) is 4.90 Å². The van der Waals surface area contributed by atoms with Gasteiger partial charge in [0.15, 0.2) is 0 Å². The van der Waals surface area contributed by atoms with E-state index in [2.05, 4.69) is 45.0 Å². The molecule has 0 aromatic heterocycles. The molecule has 0 radical (unpaired) electrons. The summed E-state index contributed by atoms with van der Waals surface area (Å²) in [5.74, 6) is 0.264. The Morgan fingerprint density at radius 3 is 2.37 bits per heavy atom. The average Bonchev–Trinajstić information content (AvgIpc) is 2.70. The number of nitrogens with zero attached hydrogens (tertiary/aromatic N) is 1. The molecule has 1 aromatic carbocycles. The fourth-order valence-electron chi connectivity index (χ4n) is 2.46. The van der Waals surface area contributed by atoms with Crippen LogP contribution in [0.25, 0.3) is 0 Å². The molecule has 0 aliphatic carbocycles. The van der Waals surface area contributed by atoms with Crippen molar-refractivity contribution in [3.05, 3.63) is 35.4 Å². The maximum absolute atomic E-state index is 11.8. The van der Waals surface area contributed by atoms with E-state index in [1.54, 1.807) is 0 Å². The summed E-state index contributed by atoms with van der Waals surface area (Å²) in [6.45, 7) is 8.01. The Hall–Kier alpha value is -1.35. The predicted molar refractivity (Wildman–Crippen MR) is 75.8 cm³/mol. The number of aliphatic hydroxyl groups is 1. The zero-order valence-corrected chi connectivity index (χ0v) is 12.0. The number of benzene rings is 1. The minimum Gasteiger partial charge on any atom is -0.396 e. The van der Waals surface area contributed by atoms with E-state index in [1.165, 1.54) is 5.56 Å². The standard InChI is InChI=1S/C16H23NO2/c1-16(2,3)14-6-4-12(5-7-14)9-17-10-13(11-18)8-15(17)19/h4-7,13,18H,8-11H2,1-3H3. The lowest BCUT2D eigenvalue weighted by Crippen LogP contribution is -2.25. The van der Waals surface area contributed by atoms with Gasteiger partial charge in [0, 0.05) is 32.0 Å². The van der Waals surface area contributed by atoms with E-state index >= 15 is 0 Å².